The Morgan fingerprint density at radius 1 is 1.25 bits per heavy atom. The fourth-order valence-electron chi connectivity index (χ4n) is 4.01. The molecule has 0 N–H and O–H groups in total. The van der Waals surface area contributed by atoms with Gasteiger partial charge < -0.3 is 9.30 Å². The van der Waals surface area contributed by atoms with Crippen LogP contribution in [0, 0.1) is 5.41 Å². The second-order valence-electron chi connectivity index (χ2n) is 7.32. The van der Waals surface area contributed by atoms with Gasteiger partial charge in [0.25, 0.3) is 0 Å². The van der Waals surface area contributed by atoms with Crippen LogP contribution in [-0.2, 0) is 24.8 Å². The maximum atomic E-state index is 6.12. The van der Waals surface area contributed by atoms with Crippen LogP contribution in [0.2, 0.25) is 0 Å². The number of rotatable bonds is 4. The summed E-state index contributed by atoms with van der Waals surface area (Å²) in [7, 11) is 2.07. The zero-order chi connectivity index (χ0) is 16.4. The number of nitrogens with zero attached hydrogens (tertiary/aromatic N) is 5. The molecule has 0 amide bonds. The van der Waals surface area contributed by atoms with Gasteiger partial charge in [-0.1, -0.05) is 0 Å². The number of ether oxygens (including phenoxy) is 1. The molecule has 2 aromatic heterocycles. The molecule has 6 heteroatoms. The third-order valence-electron chi connectivity index (χ3n) is 5.57. The van der Waals surface area contributed by atoms with Crippen molar-refractivity contribution in [2.24, 2.45) is 12.5 Å². The van der Waals surface area contributed by atoms with Gasteiger partial charge in [0.15, 0.2) is 0 Å². The maximum Gasteiger partial charge on any atom is 0.122 e. The molecular formula is C18H25N5O. The van der Waals surface area contributed by atoms with Crippen LogP contribution in [0.3, 0.4) is 0 Å². The molecule has 0 aliphatic carbocycles. The lowest BCUT2D eigenvalue weighted by Gasteiger charge is -2.38. The van der Waals surface area contributed by atoms with Gasteiger partial charge in [0.05, 0.1) is 19.3 Å². The van der Waals surface area contributed by atoms with Gasteiger partial charge in [0, 0.05) is 38.3 Å². The second kappa shape index (κ2) is 6.61. The van der Waals surface area contributed by atoms with E-state index in [1.165, 1.54) is 18.4 Å². The van der Waals surface area contributed by atoms with E-state index in [1.54, 1.807) is 6.33 Å². The fourth-order valence-corrected chi connectivity index (χ4v) is 4.01. The van der Waals surface area contributed by atoms with E-state index >= 15 is 0 Å². The molecule has 1 atom stereocenters. The summed E-state index contributed by atoms with van der Waals surface area (Å²) in [4.78, 5) is 15.2. The fraction of sp³-hybridized carbons (Fsp3) is 0.611. The predicted molar refractivity (Wildman–Crippen MR) is 90.2 cm³/mol. The van der Waals surface area contributed by atoms with Crippen LogP contribution in [0.4, 0.5) is 0 Å². The van der Waals surface area contributed by atoms with Gasteiger partial charge in [-0.3, -0.25) is 4.90 Å². The van der Waals surface area contributed by atoms with E-state index in [4.69, 9.17) is 4.74 Å². The van der Waals surface area contributed by atoms with Gasteiger partial charge in [0.1, 0.15) is 12.2 Å². The van der Waals surface area contributed by atoms with E-state index in [-0.39, 0.29) is 0 Å². The average molecular weight is 327 g/mol. The van der Waals surface area contributed by atoms with Crippen molar-refractivity contribution in [2.75, 3.05) is 19.7 Å². The number of likely N-dealkylation sites (tertiary alicyclic amines) is 1. The van der Waals surface area contributed by atoms with Gasteiger partial charge >= 0.3 is 0 Å². The van der Waals surface area contributed by atoms with E-state index in [9.17, 15) is 0 Å². The van der Waals surface area contributed by atoms with Crippen LogP contribution in [0.1, 0.15) is 30.7 Å². The summed E-state index contributed by atoms with van der Waals surface area (Å²) >= 11 is 0. The van der Waals surface area contributed by atoms with Crippen molar-refractivity contribution in [3.63, 3.8) is 0 Å². The summed E-state index contributed by atoms with van der Waals surface area (Å²) in [5, 5.41) is 0. The topological polar surface area (TPSA) is 56.1 Å². The highest BCUT2D eigenvalue weighted by Crippen LogP contribution is 2.42. The normalized spacial score (nSPS) is 23.8. The zero-order valence-corrected chi connectivity index (χ0v) is 14.3. The van der Waals surface area contributed by atoms with Gasteiger partial charge in [-0.2, -0.15) is 0 Å². The molecule has 0 aromatic carbocycles. The Hall–Kier alpha value is -1.79. The van der Waals surface area contributed by atoms with Crippen molar-refractivity contribution in [1.82, 2.24) is 24.4 Å². The highest BCUT2D eigenvalue weighted by Gasteiger charge is 2.42. The van der Waals surface area contributed by atoms with Crippen molar-refractivity contribution in [2.45, 2.75) is 38.3 Å². The SMILES string of the molecule is Cn1ccnc1CN1CCC2(CC1)CO[C@@H](Cc1cncnc1)C2. The molecule has 1 spiro atoms. The molecule has 0 unspecified atom stereocenters. The Morgan fingerprint density at radius 2 is 2.04 bits per heavy atom. The predicted octanol–water partition coefficient (Wildman–Crippen LogP) is 1.82. The number of aromatic nitrogens is 4. The van der Waals surface area contributed by atoms with E-state index in [1.807, 2.05) is 24.8 Å². The molecule has 2 aliphatic heterocycles. The summed E-state index contributed by atoms with van der Waals surface area (Å²) in [5.74, 6) is 1.15. The lowest BCUT2D eigenvalue weighted by molar-refractivity contribution is 0.0622. The average Bonchev–Trinajstić information content (AvgIpc) is 3.18. The quantitative estimate of drug-likeness (QED) is 0.857. The first kappa shape index (κ1) is 15.7. The minimum atomic E-state index is 0.317. The van der Waals surface area contributed by atoms with Gasteiger partial charge in [-0.25, -0.2) is 15.0 Å². The van der Waals surface area contributed by atoms with Crippen molar-refractivity contribution >= 4 is 0 Å². The number of piperidine rings is 1. The maximum absolute atomic E-state index is 6.12. The van der Waals surface area contributed by atoms with Gasteiger partial charge in [-0.05, 0) is 43.3 Å². The van der Waals surface area contributed by atoms with E-state index in [0.29, 0.717) is 11.5 Å². The van der Waals surface area contributed by atoms with Crippen LogP contribution >= 0.6 is 0 Å². The monoisotopic (exact) mass is 327 g/mol. The molecular weight excluding hydrogens is 302 g/mol. The van der Waals surface area contributed by atoms with Crippen molar-refractivity contribution in [3.8, 4) is 0 Å². The van der Waals surface area contributed by atoms with Crippen LogP contribution < -0.4 is 0 Å². The minimum Gasteiger partial charge on any atom is -0.377 e. The molecule has 6 nitrogen and oxygen atoms in total. The van der Waals surface area contributed by atoms with Crippen molar-refractivity contribution in [3.05, 3.63) is 42.5 Å². The lowest BCUT2D eigenvalue weighted by Crippen LogP contribution is -2.40. The van der Waals surface area contributed by atoms with Gasteiger partial charge in [-0.15, -0.1) is 0 Å². The third kappa shape index (κ3) is 3.35. The van der Waals surface area contributed by atoms with Crippen LogP contribution in [0.25, 0.3) is 0 Å². The zero-order valence-electron chi connectivity index (χ0n) is 14.3. The number of hydrogen-bond acceptors (Lipinski definition) is 5. The smallest absolute Gasteiger partial charge is 0.122 e. The van der Waals surface area contributed by atoms with Crippen molar-refractivity contribution < 1.29 is 4.74 Å². The van der Waals surface area contributed by atoms with E-state index in [0.717, 1.165) is 44.9 Å². The molecule has 4 rings (SSSR count). The van der Waals surface area contributed by atoms with Crippen LogP contribution in [0.15, 0.2) is 31.1 Å². The molecule has 0 bridgehead atoms. The lowest BCUT2D eigenvalue weighted by atomic mass is 9.76. The van der Waals surface area contributed by atoms with Crippen molar-refractivity contribution in [1.29, 1.82) is 0 Å². The first-order valence-electron chi connectivity index (χ1n) is 8.77. The first-order chi connectivity index (χ1) is 11.7. The summed E-state index contributed by atoms with van der Waals surface area (Å²) < 4.78 is 8.23. The number of aryl methyl sites for hydroxylation is 1. The summed E-state index contributed by atoms with van der Waals surface area (Å²) in [6.45, 7) is 4.13. The summed E-state index contributed by atoms with van der Waals surface area (Å²) in [6.07, 6.45) is 14.1. The third-order valence-corrected chi connectivity index (χ3v) is 5.57. The van der Waals surface area contributed by atoms with Gasteiger partial charge in [0.2, 0.25) is 0 Å². The highest BCUT2D eigenvalue weighted by atomic mass is 16.5. The molecule has 2 fully saturated rings. The molecule has 4 heterocycles. The minimum absolute atomic E-state index is 0.317. The Morgan fingerprint density at radius 3 is 2.75 bits per heavy atom. The summed E-state index contributed by atoms with van der Waals surface area (Å²) in [6, 6.07) is 0. The Labute approximate surface area is 142 Å². The highest BCUT2D eigenvalue weighted by molar-refractivity contribution is 5.06. The number of hydrogen-bond donors (Lipinski definition) is 0. The molecule has 0 saturated carbocycles. The number of imidazole rings is 1. The molecule has 0 radical (unpaired) electrons. The summed E-state index contributed by atoms with van der Waals surface area (Å²) in [5.41, 5.74) is 1.55. The molecule has 24 heavy (non-hydrogen) atoms. The first-order valence-corrected chi connectivity index (χ1v) is 8.77. The standard InChI is InChI=1S/C18H25N5O/c1-22-7-4-21-17(22)12-23-5-2-18(3-6-23)9-16(24-13-18)8-15-10-19-14-20-11-15/h4,7,10-11,14,16H,2-3,5-6,8-9,12-13H2,1H3/t16-/m0/s1. The van der Waals surface area contributed by atoms with E-state index in [2.05, 4.69) is 31.5 Å². The second-order valence-corrected chi connectivity index (χ2v) is 7.32. The molecule has 2 saturated heterocycles. The largest absolute Gasteiger partial charge is 0.377 e. The Kier molecular flexibility index (Phi) is 4.33. The van der Waals surface area contributed by atoms with E-state index < -0.39 is 0 Å². The van der Waals surface area contributed by atoms with Crippen LogP contribution in [-0.4, -0.2) is 50.2 Å². The molecule has 2 aromatic rings. The molecule has 128 valence electrons. The Balaban J connectivity index is 1.30. The Bertz CT molecular complexity index is 663. The molecule has 2 aliphatic rings. The van der Waals surface area contributed by atoms with Crippen LogP contribution in [0.5, 0.6) is 0 Å².